The molecule has 0 saturated carbocycles. The van der Waals surface area contributed by atoms with Crippen molar-refractivity contribution in [1.82, 2.24) is 5.16 Å². The first-order chi connectivity index (χ1) is 12.0. The highest BCUT2D eigenvalue weighted by Crippen LogP contribution is 2.30. The zero-order valence-electron chi connectivity index (χ0n) is 14.1. The summed E-state index contributed by atoms with van der Waals surface area (Å²) in [6.45, 7) is 4.06. The first-order valence-corrected chi connectivity index (χ1v) is 8.34. The lowest BCUT2D eigenvalue weighted by Crippen LogP contribution is -2.17. The number of fused-ring (bicyclic) bond motifs is 2. The Kier molecular flexibility index (Phi) is 3.67. The van der Waals surface area contributed by atoms with Crippen molar-refractivity contribution in [3.8, 4) is 0 Å². The number of hydrogen-bond acceptors (Lipinski definition) is 5. The number of nitrogens with one attached hydrogen (secondary N) is 1. The number of carbonyl (C=O) groups excluding carboxylic acids is 1. The zero-order chi connectivity index (χ0) is 17.6. The summed E-state index contributed by atoms with van der Waals surface area (Å²) in [6, 6.07) is 6.48. The van der Waals surface area contributed by atoms with Gasteiger partial charge in [-0.1, -0.05) is 18.1 Å². The minimum atomic E-state index is -0.516. The van der Waals surface area contributed by atoms with Crippen LogP contribution in [0.5, 0.6) is 0 Å². The third-order valence-corrected chi connectivity index (χ3v) is 4.63. The SMILES string of the molecule is Cc1ccc2c(=O)cc(C(=O)Nc3onc4c3CC(C)CC4)oc2c1. The summed E-state index contributed by atoms with van der Waals surface area (Å²) >= 11 is 0. The molecule has 0 bridgehead atoms. The number of rotatable bonds is 2. The Morgan fingerprint density at radius 1 is 1.32 bits per heavy atom. The van der Waals surface area contributed by atoms with Gasteiger partial charge in [-0.15, -0.1) is 0 Å². The average Bonchev–Trinajstić information content (AvgIpc) is 2.96. The van der Waals surface area contributed by atoms with Gasteiger partial charge in [0.2, 0.25) is 5.88 Å². The maximum Gasteiger partial charge on any atom is 0.293 e. The molecule has 2 aromatic heterocycles. The lowest BCUT2D eigenvalue weighted by Gasteiger charge is -2.16. The molecule has 1 aliphatic rings. The smallest absolute Gasteiger partial charge is 0.293 e. The van der Waals surface area contributed by atoms with Gasteiger partial charge in [0.25, 0.3) is 5.91 Å². The molecule has 6 nitrogen and oxygen atoms in total. The fourth-order valence-electron chi connectivity index (χ4n) is 3.22. The molecule has 0 fully saturated rings. The van der Waals surface area contributed by atoms with Crippen LogP contribution < -0.4 is 10.7 Å². The molecular weight excluding hydrogens is 320 g/mol. The van der Waals surface area contributed by atoms with Crippen LogP contribution in [0.3, 0.4) is 0 Å². The molecule has 0 saturated heterocycles. The second-order valence-electron chi connectivity index (χ2n) is 6.71. The highest BCUT2D eigenvalue weighted by molar-refractivity contribution is 6.02. The summed E-state index contributed by atoms with van der Waals surface area (Å²) in [5.74, 6) is 0.303. The fourth-order valence-corrected chi connectivity index (χ4v) is 3.22. The van der Waals surface area contributed by atoms with Crippen molar-refractivity contribution in [2.45, 2.75) is 33.1 Å². The predicted octanol–water partition coefficient (Wildman–Crippen LogP) is 3.47. The van der Waals surface area contributed by atoms with Gasteiger partial charge < -0.3 is 8.94 Å². The Morgan fingerprint density at radius 3 is 3.00 bits per heavy atom. The quantitative estimate of drug-likeness (QED) is 0.773. The van der Waals surface area contributed by atoms with Crippen LogP contribution in [0, 0.1) is 12.8 Å². The van der Waals surface area contributed by atoms with Crippen LogP contribution in [0.4, 0.5) is 5.88 Å². The molecule has 1 unspecified atom stereocenters. The van der Waals surface area contributed by atoms with Crippen molar-refractivity contribution >= 4 is 22.8 Å². The number of aryl methyl sites for hydroxylation is 2. The van der Waals surface area contributed by atoms with Crippen LogP contribution in [0.15, 0.2) is 38.0 Å². The van der Waals surface area contributed by atoms with E-state index in [1.165, 1.54) is 6.07 Å². The van der Waals surface area contributed by atoms with E-state index in [-0.39, 0.29) is 11.2 Å². The minimum Gasteiger partial charge on any atom is -0.451 e. The topological polar surface area (TPSA) is 85.3 Å². The Labute approximate surface area is 143 Å². The molecule has 1 N–H and O–H groups in total. The molecule has 1 aromatic carbocycles. The van der Waals surface area contributed by atoms with Crippen molar-refractivity contribution in [1.29, 1.82) is 0 Å². The van der Waals surface area contributed by atoms with Crippen molar-refractivity contribution in [2.24, 2.45) is 5.92 Å². The standard InChI is InChI=1S/C19H18N2O4/c1-10-4-6-14-13(7-10)19(25-21-14)20-18(23)17-9-15(22)12-5-3-11(2)8-16(12)24-17/h3,5,8-10H,4,6-7H2,1-2H3,(H,20,23). The Morgan fingerprint density at radius 2 is 2.16 bits per heavy atom. The van der Waals surface area contributed by atoms with E-state index in [2.05, 4.69) is 17.4 Å². The van der Waals surface area contributed by atoms with Crippen molar-refractivity contribution < 1.29 is 13.7 Å². The maximum absolute atomic E-state index is 12.5. The molecule has 2 heterocycles. The molecule has 1 atom stereocenters. The summed E-state index contributed by atoms with van der Waals surface area (Å²) in [5, 5.41) is 7.18. The predicted molar refractivity (Wildman–Crippen MR) is 92.9 cm³/mol. The third-order valence-electron chi connectivity index (χ3n) is 4.63. The van der Waals surface area contributed by atoms with Crippen molar-refractivity contribution in [3.05, 3.63) is 57.1 Å². The maximum atomic E-state index is 12.5. The summed E-state index contributed by atoms with van der Waals surface area (Å²) in [4.78, 5) is 24.7. The zero-order valence-corrected chi connectivity index (χ0v) is 14.1. The molecule has 1 aliphatic carbocycles. The molecule has 3 aromatic rings. The van der Waals surface area contributed by atoms with Gasteiger partial charge in [-0.2, -0.15) is 0 Å². The van der Waals surface area contributed by atoms with Crippen LogP contribution >= 0.6 is 0 Å². The molecule has 1 amide bonds. The molecule has 4 rings (SSSR count). The second kappa shape index (κ2) is 5.88. The Balaban J connectivity index is 1.67. The first-order valence-electron chi connectivity index (χ1n) is 8.34. The van der Waals surface area contributed by atoms with Gasteiger partial charge in [0, 0.05) is 11.6 Å². The highest BCUT2D eigenvalue weighted by Gasteiger charge is 2.25. The van der Waals surface area contributed by atoms with E-state index in [0.29, 0.717) is 22.8 Å². The van der Waals surface area contributed by atoms with Gasteiger partial charge in [-0.3, -0.25) is 14.9 Å². The molecule has 128 valence electrons. The number of amides is 1. The molecule has 25 heavy (non-hydrogen) atoms. The number of hydrogen-bond donors (Lipinski definition) is 1. The second-order valence-corrected chi connectivity index (χ2v) is 6.71. The van der Waals surface area contributed by atoms with E-state index in [1.54, 1.807) is 12.1 Å². The van der Waals surface area contributed by atoms with E-state index >= 15 is 0 Å². The normalized spacial score (nSPS) is 16.6. The summed E-state index contributed by atoms with van der Waals surface area (Å²) in [5.41, 5.74) is 2.92. The molecular formula is C19H18N2O4. The number of carbonyl (C=O) groups is 1. The van der Waals surface area contributed by atoms with Gasteiger partial charge in [0.1, 0.15) is 5.58 Å². The largest absolute Gasteiger partial charge is 0.451 e. The van der Waals surface area contributed by atoms with E-state index in [4.69, 9.17) is 8.94 Å². The number of benzene rings is 1. The van der Waals surface area contributed by atoms with Gasteiger partial charge >= 0.3 is 0 Å². The monoisotopic (exact) mass is 338 g/mol. The lowest BCUT2D eigenvalue weighted by atomic mass is 9.89. The lowest BCUT2D eigenvalue weighted by molar-refractivity contribution is 0.0994. The van der Waals surface area contributed by atoms with Gasteiger partial charge in [-0.05, 0) is 49.8 Å². The van der Waals surface area contributed by atoms with Crippen molar-refractivity contribution in [2.75, 3.05) is 5.32 Å². The van der Waals surface area contributed by atoms with Gasteiger partial charge in [0.05, 0.1) is 11.1 Å². The minimum absolute atomic E-state index is 0.0443. The Bertz CT molecular complexity index is 1030. The third kappa shape index (κ3) is 2.84. The average molecular weight is 338 g/mol. The van der Waals surface area contributed by atoms with Crippen molar-refractivity contribution in [3.63, 3.8) is 0 Å². The highest BCUT2D eigenvalue weighted by atomic mass is 16.5. The van der Waals surface area contributed by atoms with Crippen LogP contribution in [0.1, 0.15) is 40.7 Å². The summed E-state index contributed by atoms with van der Waals surface area (Å²) < 4.78 is 10.9. The van der Waals surface area contributed by atoms with Crippen LogP contribution in [0.25, 0.3) is 11.0 Å². The summed E-state index contributed by atoms with van der Waals surface area (Å²) in [6.07, 6.45) is 2.72. The number of aromatic nitrogens is 1. The Hall–Kier alpha value is -2.89. The number of anilines is 1. The molecule has 0 radical (unpaired) electrons. The van der Waals surface area contributed by atoms with Gasteiger partial charge in [0.15, 0.2) is 11.2 Å². The molecule has 0 spiro atoms. The van der Waals surface area contributed by atoms with Crippen LogP contribution in [-0.2, 0) is 12.8 Å². The molecule has 0 aliphatic heterocycles. The van der Waals surface area contributed by atoms with E-state index in [0.717, 1.165) is 36.1 Å². The number of nitrogens with zero attached hydrogens (tertiary/aromatic N) is 1. The van der Waals surface area contributed by atoms with Gasteiger partial charge in [-0.25, -0.2) is 0 Å². The van der Waals surface area contributed by atoms with E-state index < -0.39 is 5.91 Å². The van der Waals surface area contributed by atoms with Crippen LogP contribution in [0.2, 0.25) is 0 Å². The fraction of sp³-hybridized carbons (Fsp3) is 0.316. The van der Waals surface area contributed by atoms with E-state index in [9.17, 15) is 9.59 Å². The molecule has 6 heteroatoms. The van der Waals surface area contributed by atoms with Crippen LogP contribution in [-0.4, -0.2) is 11.1 Å². The summed E-state index contributed by atoms with van der Waals surface area (Å²) in [7, 11) is 0. The first kappa shape index (κ1) is 15.6. The van der Waals surface area contributed by atoms with E-state index in [1.807, 2.05) is 13.0 Å².